The third-order valence-corrected chi connectivity index (χ3v) is 4.99. The maximum atomic E-state index is 12.3. The van der Waals surface area contributed by atoms with E-state index in [4.69, 9.17) is 0 Å². The summed E-state index contributed by atoms with van der Waals surface area (Å²) in [6, 6.07) is 10.4. The summed E-state index contributed by atoms with van der Waals surface area (Å²) in [4.78, 5) is 30.4. The molecule has 1 heterocycles. The molecule has 0 aliphatic rings. The van der Waals surface area contributed by atoms with Crippen LogP contribution in [0.3, 0.4) is 0 Å². The lowest BCUT2D eigenvalue weighted by Crippen LogP contribution is -2.49. The van der Waals surface area contributed by atoms with Gasteiger partial charge in [-0.1, -0.05) is 18.2 Å². The Labute approximate surface area is 181 Å². The van der Waals surface area contributed by atoms with Crippen LogP contribution in [0.2, 0.25) is 0 Å². The van der Waals surface area contributed by atoms with Crippen molar-refractivity contribution in [3.63, 3.8) is 0 Å². The van der Waals surface area contributed by atoms with E-state index >= 15 is 0 Å². The monoisotopic (exact) mass is 431 g/mol. The van der Waals surface area contributed by atoms with E-state index in [2.05, 4.69) is 21.7 Å². The molecule has 0 fully saturated rings. The molecule has 2 rings (SSSR count). The van der Waals surface area contributed by atoms with E-state index in [0.29, 0.717) is 19.0 Å². The number of nitro benzene ring substituents is 1. The van der Waals surface area contributed by atoms with Crippen molar-refractivity contribution in [2.45, 2.75) is 39.3 Å². The van der Waals surface area contributed by atoms with E-state index in [1.807, 2.05) is 39.3 Å². The number of aliphatic imine (C=N–C) groups is 1. The smallest absolute Gasteiger partial charge is 0.269 e. The summed E-state index contributed by atoms with van der Waals surface area (Å²) in [6.45, 7) is 7.02. The highest BCUT2D eigenvalue weighted by atomic mass is 32.1. The number of non-ortho nitro benzene ring substituents is 1. The highest BCUT2D eigenvalue weighted by molar-refractivity contribution is 7.09. The summed E-state index contributed by atoms with van der Waals surface area (Å²) in [5, 5.41) is 19.1. The third-order valence-electron chi connectivity index (χ3n) is 4.05. The van der Waals surface area contributed by atoms with Crippen molar-refractivity contribution in [1.82, 2.24) is 15.5 Å². The summed E-state index contributed by atoms with van der Waals surface area (Å²) in [6.07, 6.45) is 0.857. The molecule has 1 amide bonds. The van der Waals surface area contributed by atoms with Crippen LogP contribution in [0, 0.1) is 10.1 Å². The number of nitrogens with one attached hydrogen (secondary N) is 2. The molecule has 0 aliphatic heterocycles. The van der Waals surface area contributed by atoms with E-state index in [1.165, 1.54) is 17.0 Å². The SMILES string of the molecule is CN(CC(=O)NC(C)(C)C)C(=NCc1ccc([N+](=O)[O-])cc1)NCCc1cccs1. The van der Waals surface area contributed by atoms with Crippen LogP contribution < -0.4 is 10.6 Å². The van der Waals surface area contributed by atoms with Crippen LogP contribution in [0.5, 0.6) is 0 Å². The molecule has 0 spiro atoms. The molecule has 2 aromatic rings. The zero-order valence-corrected chi connectivity index (χ0v) is 18.7. The van der Waals surface area contributed by atoms with Crippen molar-refractivity contribution in [3.05, 3.63) is 62.3 Å². The molecule has 9 heteroatoms. The number of thiophene rings is 1. The van der Waals surface area contributed by atoms with Gasteiger partial charge in [0.05, 0.1) is 18.0 Å². The molecule has 30 heavy (non-hydrogen) atoms. The van der Waals surface area contributed by atoms with Gasteiger partial charge in [0, 0.05) is 36.1 Å². The number of guanidine groups is 1. The van der Waals surface area contributed by atoms with Gasteiger partial charge in [0.2, 0.25) is 5.91 Å². The Kier molecular flexibility index (Phi) is 8.35. The van der Waals surface area contributed by atoms with Crippen molar-refractivity contribution >= 4 is 28.9 Å². The molecule has 0 bridgehead atoms. The van der Waals surface area contributed by atoms with Crippen molar-refractivity contribution in [2.75, 3.05) is 20.1 Å². The van der Waals surface area contributed by atoms with Gasteiger partial charge in [0.15, 0.2) is 5.96 Å². The minimum Gasteiger partial charge on any atom is -0.356 e. The van der Waals surface area contributed by atoms with E-state index in [0.717, 1.165) is 12.0 Å². The number of hydrogen-bond acceptors (Lipinski definition) is 5. The van der Waals surface area contributed by atoms with Crippen LogP contribution in [-0.4, -0.2) is 47.4 Å². The van der Waals surface area contributed by atoms with Crippen LogP contribution in [0.1, 0.15) is 31.2 Å². The number of rotatable bonds is 8. The fourth-order valence-corrected chi connectivity index (χ4v) is 3.41. The van der Waals surface area contributed by atoms with Gasteiger partial charge in [0.1, 0.15) is 0 Å². The molecular formula is C21H29N5O3S. The van der Waals surface area contributed by atoms with Crippen LogP contribution in [0.15, 0.2) is 46.8 Å². The Bertz CT molecular complexity index is 858. The van der Waals surface area contributed by atoms with Crippen molar-refractivity contribution < 1.29 is 9.72 Å². The zero-order chi connectivity index (χ0) is 22.1. The van der Waals surface area contributed by atoms with Gasteiger partial charge in [-0.25, -0.2) is 4.99 Å². The molecule has 0 aliphatic carbocycles. The number of nitrogens with zero attached hydrogens (tertiary/aromatic N) is 3. The number of carbonyl (C=O) groups is 1. The molecule has 162 valence electrons. The Morgan fingerprint density at radius 1 is 1.23 bits per heavy atom. The normalized spacial score (nSPS) is 11.8. The second kappa shape index (κ2) is 10.7. The number of likely N-dealkylation sites (N-methyl/N-ethyl adjacent to an activating group) is 1. The summed E-state index contributed by atoms with van der Waals surface area (Å²) < 4.78 is 0. The third kappa shape index (κ3) is 8.20. The van der Waals surface area contributed by atoms with Crippen LogP contribution in [0.4, 0.5) is 5.69 Å². The summed E-state index contributed by atoms with van der Waals surface area (Å²) in [5.74, 6) is 0.516. The molecule has 0 saturated carbocycles. The first-order valence-electron chi connectivity index (χ1n) is 9.70. The fourth-order valence-electron chi connectivity index (χ4n) is 2.70. The molecule has 0 saturated heterocycles. The largest absolute Gasteiger partial charge is 0.356 e. The van der Waals surface area contributed by atoms with Crippen molar-refractivity contribution in [2.24, 2.45) is 4.99 Å². The molecule has 0 radical (unpaired) electrons. The van der Waals surface area contributed by atoms with Crippen LogP contribution in [-0.2, 0) is 17.8 Å². The molecule has 8 nitrogen and oxygen atoms in total. The number of amides is 1. The Morgan fingerprint density at radius 2 is 1.93 bits per heavy atom. The quantitative estimate of drug-likeness (QED) is 0.289. The lowest BCUT2D eigenvalue weighted by atomic mass is 10.1. The lowest BCUT2D eigenvalue weighted by molar-refractivity contribution is -0.384. The first kappa shape index (κ1) is 23.3. The zero-order valence-electron chi connectivity index (χ0n) is 17.8. The molecule has 1 aromatic heterocycles. The minimum atomic E-state index is -0.424. The molecule has 0 atom stereocenters. The fraction of sp³-hybridized carbons (Fsp3) is 0.429. The minimum absolute atomic E-state index is 0.0491. The van der Waals surface area contributed by atoms with Gasteiger partial charge < -0.3 is 15.5 Å². The topological polar surface area (TPSA) is 99.9 Å². The van der Waals surface area contributed by atoms with Crippen LogP contribution >= 0.6 is 11.3 Å². The summed E-state index contributed by atoms with van der Waals surface area (Å²) in [7, 11) is 1.81. The van der Waals surface area contributed by atoms with Gasteiger partial charge in [-0.05, 0) is 44.2 Å². The van der Waals surface area contributed by atoms with Crippen LogP contribution in [0.25, 0.3) is 0 Å². The van der Waals surface area contributed by atoms with E-state index in [1.54, 1.807) is 28.4 Å². The van der Waals surface area contributed by atoms with E-state index < -0.39 is 4.92 Å². The van der Waals surface area contributed by atoms with Crippen molar-refractivity contribution in [1.29, 1.82) is 0 Å². The number of carbonyl (C=O) groups excluding carboxylic acids is 1. The maximum Gasteiger partial charge on any atom is 0.269 e. The van der Waals surface area contributed by atoms with E-state index in [-0.39, 0.29) is 23.7 Å². The highest BCUT2D eigenvalue weighted by Crippen LogP contribution is 2.13. The first-order valence-corrected chi connectivity index (χ1v) is 10.6. The highest BCUT2D eigenvalue weighted by Gasteiger charge is 2.17. The molecule has 1 aromatic carbocycles. The number of benzene rings is 1. The summed E-state index contributed by atoms with van der Waals surface area (Å²) >= 11 is 1.70. The summed E-state index contributed by atoms with van der Waals surface area (Å²) in [5.41, 5.74) is 0.597. The molecular weight excluding hydrogens is 402 g/mol. The van der Waals surface area contributed by atoms with Gasteiger partial charge in [0.25, 0.3) is 5.69 Å². The predicted octanol–water partition coefficient (Wildman–Crippen LogP) is 3.19. The van der Waals surface area contributed by atoms with Gasteiger partial charge >= 0.3 is 0 Å². The second-order valence-electron chi connectivity index (χ2n) is 7.97. The van der Waals surface area contributed by atoms with Gasteiger partial charge in [-0.15, -0.1) is 11.3 Å². The molecule has 0 unspecified atom stereocenters. The molecule has 2 N–H and O–H groups in total. The van der Waals surface area contributed by atoms with Crippen molar-refractivity contribution in [3.8, 4) is 0 Å². The lowest BCUT2D eigenvalue weighted by Gasteiger charge is -2.25. The average Bonchev–Trinajstić information content (AvgIpc) is 3.16. The Morgan fingerprint density at radius 3 is 2.50 bits per heavy atom. The second-order valence-corrected chi connectivity index (χ2v) is 9.01. The average molecular weight is 432 g/mol. The first-order chi connectivity index (χ1) is 14.1. The standard InChI is InChI=1S/C21H29N5O3S/c1-21(2,3)24-19(27)15-25(4)20(22-12-11-18-6-5-13-30-18)23-14-16-7-9-17(10-8-16)26(28)29/h5-10,13H,11-12,14-15H2,1-4H3,(H,22,23)(H,24,27). The number of hydrogen-bond donors (Lipinski definition) is 2. The van der Waals surface area contributed by atoms with Gasteiger partial charge in [-0.3, -0.25) is 14.9 Å². The Balaban J connectivity index is 2.05. The van der Waals surface area contributed by atoms with E-state index in [9.17, 15) is 14.9 Å². The Hall–Kier alpha value is -2.94. The number of nitro groups is 1. The van der Waals surface area contributed by atoms with Gasteiger partial charge in [-0.2, -0.15) is 0 Å². The maximum absolute atomic E-state index is 12.3. The predicted molar refractivity (Wildman–Crippen MR) is 121 cm³/mol.